The van der Waals surface area contributed by atoms with Crippen molar-refractivity contribution in [2.24, 2.45) is 0 Å². The summed E-state index contributed by atoms with van der Waals surface area (Å²) in [5.41, 5.74) is 4.92. The van der Waals surface area contributed by atoms with Crippen LogP contribution in [0.4, 0.5) is 0 Å². The Kier molecular flexibility index (Phi) is 4.79. The molecule has 28 heavy (non-hydrogen) atoms. The van der Waals surface area contributed by atoms with Crippen LogP contribution in [0.3, 0.4) is 0 Å². The molecule has 0 aliphatic heterocycles. The maximum Gasteiger partial charge on any atom is 0.241 e. The Labute approximate surface area is 165 Å². The van der Waals surface area contributed by atoms with Crippen LogP contribution in [0.5, 0.6) is 0 Å². The molecule has 0 saturated heterocycles. The van der Waals surface area contributed by atoms with Gasteiger partial charge in [0.25, 0.3) is 0 Å². The van der Waals surface area contributed by atoms with Crippen molar-refractivity contribution in [2.75, 3.05) is 0 Å². The number of aromatic nitrogens is 1. The van der Waals surface area contributed by atoms with Crippen molar-refractivity contribution in [3.8, 4) is 0 Å². The Bertz CT molecular complexity index is 1210. The van der Waals surface area contributed by atoms with Gasteiger partial charge in [-0.15, -0.1) is 0 Å². The van der Waals surface area contributed by atoms with Gasteiger partial charge in [-0.2, -0.15) is 4.72 Å². The Hall–Kier alpha value is -2.89. The SMILES string of the molecule is Cc1ccc([C@@H](NS(=O)(=O)c2ccc(C)cc2)c2c[nH]c3ccccc23)cc1. The number of sulfonamides is 1. The second kappa shape index (κ2) is 7.26. The molecule has 4 aromatic rings. The molecule has 0 radical (unpaired) electrons. The molecule has 0 aliphatic rings. The van der Waals surface area contributed by atoms with Crippen molar-refractivity contribution in [2.45, 2.75) is 24.8 Å². The normalized spacial score (nSPS) is 12.9. The molecule has 0 fully saturated rings. The molecule has 5 heteroatoms. The van der Waals surface area contributed by atoms with E-state index in [1.54, 1.807) is 24.3 Å². The van der Waals surface area contributed by atoms with Gasteiger partial charge < -0.3 is 4.98 Å². The summed E-state index contributed by atoms with van der Waals surface area (Å²) >= 11 is 0. The summed E-state index contributed by atoms with van der Waals surface area (Å²) in [5.74, 6) is 0. The fourth-order valence-corrected chi connectivity index (χ4v) is 4.55. The third-order valence-corrected chi connectivity index (χ3v) is 6.39. The number of aromatic amines is 1. The lowest BCUT2D eigenvalue weighted by Gasteiger charge is -2.19. The lowest BCUT2D eigenvalue weighted by atomic mass is 9.98. The minimum atomic E-state index is -3.69. The van der Waals surface area contributed by atoms with Crippen molar-refractivity contribution in [3.05, 3.63) is 101 Å². The predicted molar refractivity (Wildman–Crippen MR) is 113 cm³/mol. The van der Waals surface area contributed by atoms with Gasteiger partial charge in [0.2, 0.25) is 10.0 Å². The number of hydrogen-bond donors (Lipinski definition) is 2. The molecule has 0 aliphatic carbocycles. The standard InChI is InChI=1S/C23H22N2O2S/c1-16-7-11-18(12-8-16)23(21-15-24-22-6-4-3-5-20(21)22)25-28(26,27)19-13-9-17(2)10-14-19/h3-15,23-25H,1-2H3/t23-/m1/s1. The Morgan fingerprint density at radius 2 is 1.43 bits per heavy atom. The molecular weight excluding hydrogens is 368 g/mol. The van der Waals surface area contributed by atoms with Crippen LogP contribution in [0.1, 0.15) is 28.3 Å². The number of nitrogens with one attached hydrogen (secondary N) is 2. The number of fused-ring (bicyclic) bond motifs is 1. The lowest BCUT2D eigenvalue weighted by molar-refractivity contribution is 0.572. The summed E-state index contributed by atoms with van der Waals surface area (Å²) in [6, 6.07) is 22.2. The van der Waals surface area contributed by atoms with Gasteiger partial charge in [0.1, 0.15) is 0 Å². The molecule has 0 unspecified atom stereocenters. The fourth-order valence-electron chi connectivity index (χ4n) is 3.34. The maximum atomic E-state index is 13.1. The molecule has 0 amide bonds. The van der Waals surface area contributed by atoms with Gasteiger partial charge in [-0.1, -0.05) is 65.7 Å². The average molecular weight is 391 g/mol. The van der Waals surface area contributed by atoms with Crippen molar-refractivity contribution >= 4 is 20.9 Å². The quantitative estimate of drug-likeness (QED) is 0.511. The first-order valence-corrected chi connectivity index (χ1v) is 10.6. The van der Waals surface area contributed by atoms with E-state index in [1.165, 1.54) is 0 Å². The molecule has 1 aromatic heterocycles. The molecule has 4 nitrogen and oxygen atoms in total. The van der Waals surface area contributed by atoms with Gasteiger partial charge in [0.15, 0.2) is 0 Å². The van der Waals surface area contributed by atoms with E-state index in [4.69, 9.17) is 0 Å². The molecule has 1 atom stereocenters. The third kappa shape index (κ3) is 3.59. The smallest absolute Gasteiger partial charge is 0.241 e. The Morgan fingerprint density at radius 3 is 2.11 bits per heavy atom. The van der Waals surface area contributed by atoms with Crippen LogP contribution in [-0.2, 0) is 10.0 Å². The summed E-state index contributed by atoms with van der Waals surface area (Å²) in [6.45, 7) is 3.95. The van der Waals surface area contributed by atoms with E-state index in [0.29, 0.717) is 0 Å². The summed E-state index contributed by atoms with van der Waals surface area (Å²) in [7, 11) is -3.69. The van der Waals surface area contributed by atoms with Crippen LogP contribution in [0.15, 0.2) is 83.9 Å². The second-order valence-electron chi connectivity index (χ2n) is 7.07. The van der Waals surface area contributed by atoms with Gasteiger partial charge in [-0.05, 0) is 43.2 Å². The molecule has 0 spiro atoms. The van der Waals surface area contributed by atoms with Gasteiger partial charge in [0.05, 0.1) is 10.9 Å². The summed E-state index contributed by atoms with van der Waals surface area (Å²) in [6.07, 6.45) is 1.88. The first-order valence-electron chi connectivity index (χ1n) is 9.16. The highest BCUT2D eigenvalue weighted by Crippen LogP contribution is 2.30. The van der Waals surface area contributed by atoms with E-state index in [-0.39, 0.29) is 4.90 Å². The number of hydrogen-bond acceptors (Lipinski definition) is 2. The summed E-state index contributed by atoms with van der Waals surface area (Å²) < 4.78 is 29.1. The second-order valence-corrected chi connectivity index (χ2v) is 8.78. The van der Waals surface area contributed by atoms with Gasteiger partial charge in [0, 0.05) is 17.1 Å². The topological polar surface area (TPSA) is 62.0 Å². The maximum absolute atomic E-state index is 13.1. The number of rotatable bonds is 5. The molecule has 1 heterocycles. The number of H-pyrrole nitrogens is 1. The lowest BCUT2D eigenvalue weighted by Crippen LogP contribution is -2.29. The Morgan fingerprint density at radius 1 is 0.821 bits per heavy atom. The van der Waals surface area contributed by atoms with E-state index < -0.39 is 16.1 Å². The van der Waals surface area contributed by atoms with Gasteiger partial charge >= 0.3 is 0 Å². The first kappa shape index (κ1) is 18.5. The zero-order valence-corrected chi connectivity index (χ0v) is 16.6. The molecule has 2 N–H and O–H groups in total. The van der Waals surface area contributed by atoms with E-state index in [1.807, 2.05) is 68.6 Å². The highest BCUT2D eigenvalue weighted by molar-refractivity contribution is 7.89. The third-order valence-electron chi connectivity index (χ3n) is 4.95. The van der Waals surface area contributed by atoms with Crippen molar-refractivity contribution in [1.29, 1.82) is 0 Å². The van der Waals surface area contributed by atoms with E-state index >= 15 is 0 Å². The fraction of sp³-hybridized carbons (Fsp3) is 0.130. The molecule has 3 aromatic carbocycles. The van der Waals surface area contributed by atoms with Crippen LogP contribution in [0.2, 0.25) is 0 Å². The van der Waals surface area contributed by atoms with Crippen LogP contribution >= 0.6 is 0 Å². The highest BCUT2D eigenvalue weighted by Gasteiger charge is 2.25. The highest BCUT2D eigenvalue weighted by atomic mass is 32.2. The zero-order valence-electron chi connectivity index (χ0n) is 15.8. The van der Waals surface area contributed by atoms with E-state index in [2.05, 4.69) is 9.71 Å². The first-order chi connectivity index (χ1) is 13.4. The van der Waals surface area contributed by atoms with Crippen LogP contribution in [-0.4, -0.2) is 13.4 Å². The number of benzene rings is 3. The van der Waals surface area contributed by atoms with Crippen LogP contribution < -0.4 is 4.72 Å². The van der Waals surface area contributed by atoms with Crippen molar-refractivity contribution in [3.63, 3.8) is 0 Å². The predicted octanol–water partition coefficient (Wildman–Crippen LogP) is 4.85. The molecule has 142 valence electrons. The summed E-state index contributed by atoms with van der Waals surface area (Å²) in [5, 5.41) is 1.000. The van der Waals surface area contributed by atoms with Crippen LogP contribution in [0, 0.1) is 13.8 Å². The van der Waals surface area contributed by atoms with Gasteiger partial charge in [-0.3, -0.25) is 0 Å². The van der Waals surface area contributed by atoms with Crippen molar-refractivity contribution in [1.82, 2.24) is 9.71 Å². The largest absolute Gasteiger partial charge is 0.361 e. The number of aryl methyl sites for hydroxylation is 2. The molecular formula is C23H22N2O2S. The van der Waals surface area contributed by atoms with Gasteiger partial charge in [-0.25, -0.2) is 8.42 Å². The summed E-state index contributed by atoms with van der Waals surface area (Å²) in [4.78, 5) is 3.51. The van der Waals surface area contributed by atoms with E-state index in [9.17, 15) is 8.42 Å². The molecule has 0 bridgehead atoms. The average Bonchev–Trinajstić information content (AvgIpc) is 3.11. The zero-order chi connectivity index (χ0) is 19.7. The minimum absolute atomic E-state index is 0.259. The number of para-hydroxylation sites is 1. The Balaban J connectivity index is 1.81. The van der Waals surface area contributed by atoms with E-state index in [0.717, 1.165) is 33.2 Å². The van der Waals surface area contributed by atoms with Crippen molar-refractivity contribution < 1.29 is 8.42 Å². The molecule has 4 rings (SSSR count). The minimum Gasteiger partial charge on any atom is -0.361 e. The van der Waals surface area contributed by atoms with Crippen LogP contribution in [0.25, 0.3) is 10.9 Å². The monoisotopic (exact) mass is 390 g/mol. The molecule has 0 saturated carbocycles.